The number of carbonyl (C=O) groups excluding carboxylic acids is 2. The van der Waals surface area contributed by atoms with E-state index in [9.17, 15) is 14.9 Å². The number of halogens is 3. The largest absolute Gasteiger partial charge is 0.347 e. The molecule has 4 rings (SSSR count). The van der Waals surface area contributed by atoms with Gasteiger partial charge in [0.1, 0.15) is 16.7 Å². The normalized spacial score (nSPS) is 16.7. The third kappa shape index (κ3) is 5.83. The molecule has 5 nitrogen and oxygen atoms in total. The Balaban J connectivity index is 1.68. The van der Waals surface area contributed by atoms with Gasteiger partial charge in [0.2, 0.25) is 5.91 Å². The summed E-state index contributed by atoms with van der Waals surface area (Å²) in [6.45, 7) is 0.251. The van der Waals surface area contributed by atoms with Crippen LogP contribution in [0.15, 0.2) is 83.4 Å². The molecule has 0 bridgehead atoms. The van der Waals surface area contributed by atoms with Gasteiger partial charge in [0.15, 0.2) is 0 Å². The Bertz CT molecular complexity index is 1340. The molecule has 0 unspecified atom stereocenters. The van der Waals surface area contributed by atoms with Crippen LogP contribution in [0, 0.1) is 11.3 Å². The van der Waals surface area contributed by atoms with Crippen LogP contribution in [0.25, 0.3) is 0 Å². The average Bonchev–Trinajstić information content (AvgIpc) is 3.16. The molecular formula is C26H18Cl3N3O2S. The van der Waals surface area contributed by atoms with Gasteiger partial charge < -0.3 is 5.32 Å². The van der Waals surface area contributed by atoms with Gasteiger partial charge in [-0.2, -0.15) is 5.26 Å². The van der Waals surface area contributed by atoms with Crippen LogP contribution in [0.4, 0.5) is 5.69 Å². The fourth-order valence-electron chi connectivity index (χ4n) is 3.57. The number of nitriles is 1. The second-order valence-electron chi connectivity index (χ2n) is 7.66. The van der Waals surface area contributed by atoms with Crippen LogP contribution in [0.1, 0.15) is 11.1 Å². The van der Waals surface area contributed by atoms with E-state index in [1.54, 1.807) is 42.5 Å². The lowest BCUT2D eigenvalue weighted by molar-refractivity contribution is -0.117. The first-order chi connectivity index (χ1) is 16.9. The molecule has 0 radical (unpaired) electrons. The van der Waals surface area contributed by atoms with Crippen molar-refractivity contribution in [1.82, 2.24) is 5.32 Å². The number of anilines is 1. The average molecular weight is 543 g/mol. The predicted octanol–water partition coefficient (Wildman–Crippen LogP) is 6.39. The molecule has 35 heavy (non-hydrogen) atoms. The monoisotopic (exact) mass is 541 g/mol. The van der Waals surface area contributed by atoms with E-state index in [4.69, 9.17) is 34.8 Å². The molecule has 1 aliphatic heterocycles. The Kier molecular flexibility index (Phi) is 8.04. The zero-order valence-corrected chi connectivity index (χ0v) is 21.3. The summed E-state index contributed by atoms with van der Waals surface area (Å²) in [5.41, 5.74) is 2.00. The number of thioether (sulfide) groups is 1. The number of nitrogens with zero attached hydrogens (tertiary/aromatic N) is 2. The van der Waals surface area contributed by atoms with Crippen LogP contribution < -0.4 is 10.2 Å². The summed E-state index contributed by atoms with van der Waals surface area (Å²) in [4.78, 5) is 28.0. The number of hydrogen-bond donors (Lipinski definition) is 1. The maximum absolute atomic E-state index is 13.5. The number of hydrogen-bond acceptors (Lipinski definition) is 4. The summed E-state index contributed by atoms with van der Waals surface area (Å²) in [6, 6.07) is 23.1. The predicted molar refractivity (Wildman–Crippen MR) is 141 cm³/mol. The number of amides is 2. The molecule has 0 aliphatic carbocycles. The van der Waals surface area contributed by atoms with Gasteiger partial charge in [-0.3, -0.25) is 14.5 Å². The first-order valence-corrected chi connectivity index (χ1v) is 12.6. The van der Waals surface area contributed by atoms with Crippen molar-refractivity contribution in [1.29, 1.82) is 5.26 Å². The van der Waals surface area contributed by atoms with E-state index in [0.717, 1.165) is 22.9 Å². The van der Waals surface area contributed by atoms with Crippen molar-refractivity contribution in [2.45, 2.75) is 18.2 Å². The van der Waals surface area contributed by atoms with Gasteiger partial charge in [-0.15, -0.1) is 0 Å². The van der Waals surface area contributed by atoms with E-state index < -0.39 is 11.2 Å². The number of rotatable bonds is 6. The van der Waals surface area contributed by atoms with Crippen molar-refractivity contribution in [3.63, 3.8) is 0 Å². The van der Waals surface area contributed by atoms with Gasteiger partial charge in [-0.05, 0) is 53.9 Å². The van der Waals surface area contributed by atoms with E-state index in [2.05, 4.69) is 5.32 Å². The summed E-state index contributed by atoms with van der Waals surface area (Å²) < 4.78 is 0. The fraction of sp³-hybridized carbons (Fsp3) is 0.115. The second-order valence-corrected chi connectivity index (χ2v) is 10.1. The molecule has 9 heteroatoms. The van der Waals surface area contributed by atoms with Crippen molar-refractivity contribution in [2.24, 2.45) is 0 Å². The lowest BCUT2D eigenvalue weighted by Crippen LogP contribution is -2.32. The van der Waals surface area contributed by atoms with E-state index in [1.807, 2.05) is 36.4 Å². The summed E-state index contributed by atoms with van der Waals surface area (Å²) in [5, 5.41) is 13.8. The zero-order chi connectivity index (χ0) is 24.9. The minimum Gasteiger partial charge on any atom is -0.347 e. The van der Waals surface area contributed by atoms with Crippen LogP contribution in [0.3, 0.4) is 0 Å². The summed E-state index contributed by atoms with van der Waals surface area (Å²) >= 11 is 19.5. The van der Waals surface area contributed by atoms with Crippen LogP contribution in [0.5, 0.6) is 0 Å². The van der Waals surface area contributed by atoms with E-state index >= 15 is 0 Å². The van der Waals surface area contributed by atoms with E-state index in [1.165, 1.54) is 4.90 Å². The Hall–Kier alpha value is -2.95. The summed E-state index contributed by atoms with van der Waals surface area (Å²) in [5.74, 6) is -0.822. The minimum absolute atomic E-state index is 0.140. The smallest absolute Gasteiger partial charge is 0.264 e. The lowest BCUT2D eigenvalue weighted by Gasteiger charge is -2.19. The molecule has 1 aliphatic rings. The third-order valence-corrected chi connectivity index (χ3v) is 7.41. The molecule has 2 amide bonds. The first-order valence-electron chi connectivity index (χ1n) is 10.5. The van der Waals surface area contributed by atoms with Crippen LogP contribution >= 0.6 is 46.6 Å². The van der Waals surface area contributed by atoms with Crippen molar-refractivity contribution >= 4 is 64.1 Å². The Labute approximate surface area is 222 Å². The van der Waals surface area contributed by atoms with Gasteiger partial charge in [-0.25, -0.2) is 0 Å². The highest BCUT2D eigenvalue weighted by Crippen LogP contribution is 2.42. The maximum Gasteiger partial charge on any atom is 0.264 e. The maximum atomic E-state index is 13.5. The quantitative estimate of drug-likeness (QED) is 0.289. The van der Waals surface area contributed by atoms with E-state index in [0.29, 0.717) is 27.2 Å². The van der Waals surface area contributed by atoms with Gasteiger partial charge in [0, 0.05) is 27.3 Å². The molecule has 176 valence electrons. The molecule has 3 aromatic carbocycles. The van der Waals surface area contributed by atoms with Crippen LogP contribution in [-0.4, -0.2) is 17.1 Å². The van der Waals surface area contributed by atoms with Gasteiger partial charge in [-0.1, -0.05) is 83.0 Å². The Morgan fingerprint density at radius 3 is 2.34 bits per heavy atom. The lowest BCUT2D eigenvalue weighted by atomic mass is 10.1. The highest BCUT2D eigenvalue weighted by molar-refractivity contribution is 8.05. The fourth-order valence-corrected chi connectivity index (χ4v) is 5.47. The molecule has 1 heterocycles. The molecule has 1 atom stereocenters. The molecule has 1 saturated heterocycles. The van der Waals surface area contributed by atoms with Crippen molar-refractivity contribution < 1.29 is 9.59 Å². The molecule has 1 fully saturated rings. The van der Waals surface area contributed by atoms with Crippen molar-refractivity contribution in [3.05, 3.63) is 110 Å². The molecular weight excluding hydrogens is 525 g/mol. The highest BCUT2D eigenvalue weighted by atomic mass is 35.5. The number of nitrogens with one attached hydrogen (secondary N) is 1. The molecule has 0 saturated carbocycles. The van der Waals surface area contributed by atoms with Crippen LogP contribution in [-0.2, 0) is 22.6 Å². The topological polar surface area (TPSA) is 73.2 Å². The van der Waals surface area contributed by atoms with Crippen LogP contribution in [0.2, 0.25) is 15.1 Å². The summed E-state index contributed by atoms with van der Waals surface area (Å²) in [7, 11) is 0. The SMILES string of the molecule is N#C/C(C(=O)NCc1ccccc1)=C1/S[C@H](Cc2ccc(Cl)cc2Cl)C(=O)N1c1ccc(Cl)cc1. The molecule has 0 aromatic heterocycles. The number of carbonyl (C=O) groups is 2. The standard InChI is InChI=1S/C26H18Cl3N3O2S/c27-18-8-10-20(11-9-18)32-25(34)23(12-17-6-7-19(28)13-22(17)29)35-26(32)21(14-30)24(33)31-15-16-4-2-1-3-5-16/h1-11,13,23H,12,15H2,(H,31,33)/b26-21-/t23-/m1/s1. The van der Waals surface area contributed by atoms with Gasteiger partial charge >= 0.3 is 0 Å². The Morgan fingerprint density at radius 2 is 1.69 bits per heavy atom. The van der Waals surface area contributed by atoms with Crippen molar-refractivity contribution in [2.75, 3.05) is 4.90 Å². The second kappa shape index (κ2) is 11.2. The molecule has 3 aromatic rings. The minimum atomic E-state index is -0.593. The van der Waals surface area contributed by atoms with Gasteiger partial charge in [0.05, 0.1) is 5.25 Å². The highest BCUT2D eigenvalue weighted by Gasteiger charge is 2.41. The Morgan fingerprint density at radius 1 is 1.00 bits per heavy atom. The van der Waals surface area contributed by atoms with Gasteiger partial charge in [0.25, 0.3) is 5.91 Å². The van der Waals surface area contributed by atoms with Crippen molar-refractivity contribution in [3.8, 4) is 6.07 Å². The zero-order valence-electron chi connectivity index (χ0n) is 18.2. The first kappa shape index (κ1) is 25.2. The molecule has 1 N–H and O–H groups in total. The summed E-state index contributed by atoms with van der Waals surface area (Å²) in [6.07, 6.45) is 0.303. The van der Waals surface area contributed by atoms with E-state index in [-0.39, 0.29) is 23.1 Å². The number of benzene rings is 3. The molecule has 0 spiro atoms. The third-order valence-electron chi connectivity index (χ3n) is 5.31.